The number of thiophene rings is 2. The second-order valence-electron chi connectivity index (χ2n) is 14.0. The molecule has 0 fully saturated rings. The molecule has 0 bridgehead atoms. The van der Waals surface area contributed by atoms with Crippen LogP contribution in [-0.2, 0) is 0 Å². The molecule has 2 aliphatic heterocycles. The van der Waals surface area contributed by atoms with Crippen molar-refractivity contribution in [3.8, 4) is 22.3 Å². The molecule has 0 amide bonds. The number of allylic oxidation sites excluding steroid dienone is 6. The summed E-state index contributed by atoms with van der Waals surface area (Å²) >= 11 is 7.54. The molecule has 12 rings (SSSR count). The van der Waals surface area contributed by atoms with Gasteiger partial charge in [-0.05, 0) is 111 Å². The normalized spacial score (nSPS) is 18.8. The number of hydrogen-bond acceptors (Lipinski definition) is 5. The van der Waals surface area contributed by atoms with Gasteiger partial charge in [0.25, 0.3) is 0 Å². The Kier molecular flexibility index (Phi) is 6.59. The molecule has 0 spiro atoms. The lowest BCUT2D eigenvalue weighted by Gasteiger charge is -2.22. The highest BCUT2D eigenvalue weighted by atomic mass is 32.2. The van der Waals surface area contributed by atoms with Gasteiger partial charge in [0, 0.05) is 72.1 Å². The summed E-state index contributed by atoms with van der Waals surface area (Å²) in [5.74, 6) is 0.357. The molecule has 3 aliphatic rings. The van der Waals surface area contributed by atoms with Crippen molar-refractivity contribution in [3.05, 3.63) is 168 Å². The van der Waals surface area contributed by atoms with Gasteiger partial charge in [-0.15, -0.1) is 34.4 Å². The fraction of sp³-hybridized carbons (Fsp3) is 0.0417. The summed E-state index contributed by atoms with van der Waals surface area (Å²) in [6.07, 6.45) is 11.3. The van der Waals surface area contributed by atoms with E-state index in [1.807, 2.05) is 34.4 Å². The first kappa shape index (κ1) is 30.4. The van der Waals surface area contributed by atoms with Crippen molar-refractivity contribution >= 4 is 114 Å². The third-order valence-corrected chi connectivity index (χ3v) is 15.7. The lowest BCUT2D eigenvalue weighted by molar-refractivity contribution is 0.669. The highest BCUT2D eigenvalue weighted by Crippen LogP contribution is 2.53. The lowest BCUT2D eigenvalue weighted by Crippen LogP contribution is -2.13. The number of fused-ring (bicyclic) bond motifs is 13. The Morgan fingerprint density at radius 2 is 1.28 bits per heavy atom. The Labute approximate surface area is 322 Å². The summed E-state index contributed by atoms with van der Waals surface area (Å²) in [5.41, 5.74) is 10.3. The van der Waals surface area contributed by atoms with Crippen molar-refractivity contribution < 1.29 is 4.42 Å². The van der Waals surface area contributed by atoms with Crippen LogP contribution in [0.5, 0.6) is 0 Å². The van der Waals surface area contributed by atoms with Crippen molar-refractivity contribution in [2.24, 2.45) is 5.92 Å². The summed E-state index contributed by atoms with van der Waals surface area (Å²) in [5, 5.41) is 10.4. The van der Waals surface area contributed by atoms with E-state index >= 15 is 0 Å². The minimum absolute atomic E-state index is 0.357. The van der Waals surface area contributed by atoms with E-state index in [4.69, 9.17) is 11.0 Å². The summed E-state index contributed by atoms with van der Waals surface area (Å²) in [4.78, 5) is 2.58. The molecule has 6 aromatic carbocycles. The minimum Gasteiger partial charge on any atom is -0.456 e. The monoisotopic (exact) mass is 748 g/mol. The average Bonchev–Trinajstić information content (AvgIpc) is 3.96. The number of benzene rings is 6. The number of hydrogen-bond donors (Lipinski definition) is 0. The van der Waals surface area contributed by atoms with Gasteiger partial charge in [-0.2, -0.15) is 0 Å². The maximum atomic E-state index is 6.41. The van der Waals surface area contributed by atoms with Crippen LogP contribution < -0.4 is 0 Å². The highest BCUT2D eigenvalue weighted by molar-refractivity contribution is 8.04. The molecule has 1 nitrogen and oxygen atoms in total. The van der Waals surface area contributed by atoms with Gasteiger partial charge in [-0.1, -0.05) is 91.2 Å². The van der Waals surface area contributed by atoms with Gasteiger partial charge in [0.05, 0.1) is 0 Å². The number of furan rings is 1. The third kappa shape index (κ3) is 4.58. The van der Waals surface area contributed by atoms with Crippen molar-refractivity contribution in [2.75, 3.05) is 0 Å². The first-order chi connectivity index (χ1) is 26.1. The van der Waals surface area contributed by atoms with Crippen LogP contribution in [0.2, 0.25) is 0 Å². The van der Waals surface area contributed by atoms with Gasteiger partial charge in [0.1, 0.15) is 11.2 Å². The topological polar surface area (TPSA) is 13.1 Å². The molecule has 0 saturated carbocycles. The highest BCUT2D eigenvalue weighted by Gasteiger charge is 2.35. The van der Waals surface area contributed by atoms with Crippen LogP contribution in [0.15, 0.2) is 171 Å². The van der Waals surface area contributed by atoms with E-state index in [1.54, 1.807) is 11.8 Å². The van der Waals surface area contributed by atoms with Gasteiger partial charge < -0.3 is 4.42 Å². The van der Waals surface area contributed by atoms with Gasteiger partial charge in [-0.3, -0.25) is 0 Å². The van der Waals surface area contributed by atoms with Crippen LogP contribution in [0.1, 0.15) is 5.56 Å². The third-order valence-electron chi connectivity index (χ3n) is 11.1. The van der Waals surface area contributed by atoms with Crippen molar-refractivity contribution in [3.63, 3.8) is 0 Å². The van der Waals surface area contributed by atoms with Crippen LogP contribution in [0.4, 0.5) is 0 Å². The van der Waals surface area contributed by atoms with Gasteiger partial charge in [0.15, 0.2) is 0 Å². The van der Waals surface area contributed by atoms with Crippen LogP contribution in [-0.4, -0.2) is 5.25 Å². The lowest BCUT2D eigenvalue weighted by atomic mass is 9.84. The van der Waals surface area contributed by atoms with Crippen molar-refractivity contribution in [1.82, 2.24) is 0 Å². The minimum atomic E-state index is 0.357. The average molecular weight is 749 g/mol. The van der Waals surface area contributed by atoms with Crippen LogP contribution >= 0.6 is 46.2 Å². The van der Waals surface area contributed by atoms with Gasteiger partial charge in [0.2, 0.25) is 0 Å². The largest absolute Gasteiger partial charge is 0.456 e. The zero-order valence-corrected chi connectivity index (χ0v) is 31.5. The summed E-state index contributed by atoms with van der Waals surface area (Å²) in [7, 11) is 0. The molecule has 250 valence electrons. The smallest absolute Gasteiger partial charge is 0.135 e. The Morgan fingerprint density at radius 1 is 0.585 bits per heavy atom. The second-order valence-corrected chi connectivity index (χ2v) is 18.3. The van der Waals surface area contributed by atoms with Crippen molar-refractivity contribution in [1.29, 1.82) is 0 Å². The SMILES string of the molecule is C=C1C2=C(/C=C\Sc3ccc(-c4ccc5oc6ccc(-c7ccc8sc9c(ccc%10sc%11ccccc%11c%109)c8c7)cc6c5c4)cc31)SC1C=CC=CC21. The van der Waals surface area contributed by atoms with E-state index in [0.717, 1.165) is 27.5 Å². The Balaban J connectivity index is 0.949. The van der Waals surface area contributed by atoms with Gasteiger partial charge in [-0.25, -0.2) is 0 Å². The molecule has 1 aliphatic carbocycles. The molecule has 53 heavy (non-hydrogen) atoms. The Hall–Kier alpha value is -5.04. The van der Waals surface area contributed by atoms with Crippen LogP contribution in [0, 0.1) is 5.92 Å². The fourth-order valence-electron chi connectivity index (χ4n) is 8.53. The Bertz CT molecular complexity index is 3210. The maximum Gasteiger partial charge on any atom is 0.135 e. The standard InChI is InChI=1S/C48H28OS4/c1-26-34-22-29(12-17-40(34)50-21-20-45-46(26)32-6-2-4-8-41(32)52-45)27-10-15-38-35(23-27)36-24-28(11-16-39(36)49-38)30-13-18-43-37(25-30)31-14-19-44-47(48(31)53-43)33-7-3-5-9-42(33)51-44/h2-25,32,41H,1H2/b21-20-. The van der Waals surface area contributed by atoms with Gasteiger partial charge >= 0.3 is 0 Å². The zero-order valence-electron chi connectivity index (χ0n) is 28.3. The molecule has 2 unspecified atom stereocenters. The van der Waals surface area contributed by atoms with E-state index in [1.165, 1.54) is 83.5 Å². The molecule has 0 N–H and O–H groups in total. The molecular formula is C48H28OS4. The predicted octanol–water partition coefficient (Wildman–Crippen LogP) is 15.4. The molecule has 9 aromatic rings. The molecule has 2 atom stereocenters. The maximum absolute atomic E-state index is 6.41. The van der Waals surface area contributed by atoms with Crippen LogP contribution in [0.3, 0.4) is 0 Å². The van der Waals surface area contributed by atoms with E-state index < -0.39 is 0 Å². The summed E-state index contributed by atoms with van der Waals surface area (Å²) in [6, 6.07) is 40.5. The van der Waals surface area contributed by atoms with E-state index in [0.29, 0.717) is 11.2 Å². The van der Waals surface area contributed by atoms with E-state index in [2.05, 4.69) is 145 Å². The number of thioether (sulfide) groups is 2. The van der Waals surface area contributed by atoms with E-state index in [-0.39, 0.29) is 0 Å². The second kappa shape index (κ2) is 11.5. The van der Waals surface area contributed by atoms with Crippen molar-refractivity contribution in [2.45, 2.75) is 10.1 Å². The molecule has 5 heteroatoms. The zero-order chi connectivity index (χ0) is 34.8. The predicted molar refractivity (Wildman–Crippen MR) is 235 cm³/mol. The first-order valence-corrected chi connectivity index (χ1v) is 21.2. The summed E-state index contributed by atoms with van der Waals surface area (Å²) < 4.78 is 11.8. The summed E-state index contributed by atoms with van der Waals surface area (Å²) in [6.45, 7) is 4.71. The Morgan fingerprint density at radius 3 is 2.13 bits per heavy atom. The fourth-order valence-corrected chi connectivity index (χ4v) is 13.2. The molecular weight excluding hydrogens is 721 g/mol. The first-order valence-electron chi connectivity index (χ1n) is 17.8. The van der Waals surface area contributed by atoms with E-state index in [9.17, 15) is 0 Å². The molecule has 5 heterocycles. The number of rotatable bonds is 2. The molecule has 3 aromatic heterocycles. The molecule has 0 radical (unpaired) electrons. The molecule has 0 saturated heterocycles. The quantitative estimate of drug-likeness (QED) is 0.175. The van der Waals surface area contributed by atoms with Crippen LogP contribution in [0.25, 0.3) is 90.1 Å².